The predicted octanol–water partition coefficient (Wildman–Crippen LogP) is 4.82. The summed E-state index contributed by atoms with van der Waals surface area (Å²) in [4.78, 5) is 25.7. The summed E-state index contributed by atoms with van der Waals surface area (Å²) >= 11 is 0. The summed E-state index contributed by atoms with van der Waals surface area (Å²) in [7, 11) is -2.99. The molecule has 194 valence electrons. The van der Waals surface area contributed by atoms with E-state index in [-0.39, 0.29) is 21.8 Å². The van der Waals surface area contributed by atoms with E-state index in [1.165, 1.54) is 55.6 Å². The Labute approximate surface area is 210 Å². The molecule has 0 radical (unpaired) electrons. The number of amides is 1. The lowest BCUT2D eigenvalue weighted by molar-refractivity contribution is -0.137. The third kappa shape index (κ3) is 5.53. The van der Waals surface area contributed by atoms with Crippen molar-refractivity contribution in [2.24, 2.45) is 0 Å². The summed E-state index contributed by atoms with van der Waals surface area (Å²) in [5.41, 5.74) is -0.368. The molecule has 1 aliphatic rings. The Kier molecular flexibility index (Phi) is 6.87. The molecule has 1 heterocycles. The number of halogens is 3. The lowest BCUT2D eigenvalue weighted by atomic mass is 9.92. The van der Waals surface area contributed by atoms with E-state index in [0.29, 0.717) is 5.75 Å². The van der Waals surface area contributed by atoms with Gasteiger partial charge in [0, 0.05) is 6.07 Å². The van der Waals surface area contributed by atoms with Crippen LogP contribution in [0.25, 0.3) is 0 Å². The van der Waals surface area contributed by atoms with Crippen molar-refractivity contribution in [3.8, 4) is 11.5 Å². The van der Waals surface area contributed by atoms with Crippen LogP contribution >= 0.6 is 0 Å². The molecular weight excluding hydrogens is 515 g/mol. The van der Waals surface area contributed by atoms with Gasteiger partial charge in [0.2, 0.25) is 11.9 Å². The number of hydrogen-bond acceptors (Lipinski definition) is 7. The number of carbonyl (C=O) groups is 2. The van der Waals surface area contributed by atoms with Gasteiger partial charge in [-0.05, 0) is 48.9 Å². The number of nitrogens with one attached hydrogen (secondary N) is 1. The van der Waals surface area contributed by atoms with Crippen molar-refractivity contribution in [2.45, 2.75) is 30.2 Å². The normalized spacial score (nSPS) is 17.4. The van der Waals surface area contributed by atoms with Gasteiger partial charge in [0.25, 0.3) is 10.0 Å². The number of hydrogen-bond donors (Lipinski definition) is 1. The van der Waals surface area contributed by atoms with Crippen LogP contribution in [-0.2, 0) is 20.9 Å². The van der Waals surface area contributed by atoms with Gasteiger partial charge in [-0.15, -0.1) is 0 Å². The van der Waals surface area contributed by atoms with Crippen LogP contribution in [0.15, 0.2) is 71.6 Å². The monoisotopic (exact) mass is 535 g/mol. The highest BCUT2D eigenvalue weighted by atomic mass is 32.2. The summed E-state index contributed by atoms with van der Waals surface area (Å²) in [6.45, 7) is 1.74. The van der Waals surface area contributed by atoms with Crippen LogP contribution < -0.4 is 14.2 Å². The van der Waals surface area contributed by atoms with E-state index in [1.807, 2.05) is 0 Å². The summed E-state index contributed by atoms with van der Waals surface area (Å²) in [6.07, 6.45) is -9.50. The van der Waals surface area contributed by atoms with Crippen molar-refractivity contribution in [3.05, 3.63) is 89.0 Å². The minimum absolute atomic E-state index is 0.000651. The van der Waals surface area contributed by atoms with Crippen molar-refractivity contribution in [1.29, 1.82) is 0 Å². The first-order valence-electron chi connectivity index (χ1n) is 10.8. The first-order chi connectivity index (χ1) is 17.4. The number of rotatable bonds is 5. The third-order valence-corrected chi connectivity index (χ3v) is 6.90. The molecule has 0 unspecified atom stereocenters. The molecule has 0 spiro atoms. The van der Waals surface area contributed by atoms with Crippen molar-refractivity contribution in [3.63, 3.8) is 0 Å². The maximum atomic E-state index is 13.3. The van der Waals surface area contributed by atoms with E-state index >= 15 is 0 Å². The van der Waals surface area contributed by atoms with E-state index in [9.17, 15) is 31.2 Å². The number of carbonyl (C=O) groups excluding carboxylic acids is 2. The molecule has 12 heteroatoms. The molecule has 8 nitrogen and oxygen atoms in total. The highest BCUT2D eigenvalue weighted by Gasteiger charge is 2.43. The smallest absolute Gasteiger partial charge is 0.422 e. The Balaban J connectivity index is 1.68. The molecule has 3 aromatic carbocycles. The molecule has 0 fully saturated rings. The van der Waals surface area contributed by atoms with Gasteiger partial charge in [-0.1, -0.05) is 29.8 Å². The van der Waals surface area contributed by atoms with Crippen LogP contribution in [0, 0.1) is 6.92 Å². The fourth-order valence-electron chi connectivity index (χ4n) is 3.70. The number of alkyl halides is 3. The first-order valence-corrected chi connectivity index (χ1v) is 12.2. The zero-order valence-electron chi connectivity index (χ0n) is 19.4. The fraction of sp³-hybridized carbons (Fsp3) is 0.200. The van der Waals surface area contributed by atoms with Gasteiger partial charge in [0.1, 0.15) is 11.5 Å². The van der Waals surface area contributed by atoms with Crippen LogP contribution in [0.5, 0.6) is 11.5 Å². The molecule has 3 aromatic rings. The molecule has 1 amide bonds. The molecule has 2 atom stereocenters. The van der Waals surface area contributed by atoms with Crippen molar-refractivity contribution in [1.82, 2.24) is 4.72 Å². The van der Waals surface area contributed by atoms with Crippen LogP contribution in [0.4, 0.5) is 18.0 Å². The van der Waals surface area contributed by atoms with Gasteiger partial charge in [0.15, 0.2) is 6.10 Å². The van der Waals surface area contributed by atoms with E-state index in [2.05, 4.69) is 0 Å². The molecule has 4 rings (SSSR count). The summed E-state index contributed by atoms with van der Waals surface area (Å²) in [5, 5.41) is 0. The third-order valence-electron chi connectivity index (χ3n) is 5.57. The number of Topliss-reactive ketones (excluding diaryl/α,β-unsaturated/α-hetero) is 1. The standard InChI is InChI=1S/C25H20F3NO7S/c1-14-6-9-18(10-7-14)37(32,33)29-24(31)36-23-21(30)19-11-8-17(34-2)13-20(19)35-22(23)15-4-3-5-16(12-15)25(26,27)28/h3-13,22-23H,1-2H3,(H,29,31)/t22-,23+/m0/s1. The summed E-state index contributed by atoms with van der Waals surface area (Å²) < 4.78 is 83.0. The number of benzene rings is 3. The van der Waals surface area contributed by atoms with E-state index in [4.69, 9.17) is 14.2 Å². The topological polar surface area (TPSA) is 108 Å². The maximum absolute atomic E-state index is 13.3. The lowest BCUT2D eigenvalue weighted by Gasteiger charge is -2.32. The molecule has 0 bridgehead atoms. The number of ketones is 1. The fourth-order valence-corrected chi connectivity index (χ4v) is 4.58. The van der Waals surface area contributed by atoms with Crippen LogP contribution in [-0.4, -0.2) is 33.5 Å². The molecule has 0 saturated heterocycles. The second-order valence-corrected chi connectivity index (χ2v) is 9.81. The number of methoxy groups -OCH3 is 1. The van der Waals surface area contributed by atoms with Crippen LogP contribution in [0.3, 0.4) is 0 Å². The molecule has 0 aliphatic carbocycles. The Morgan fingerprint density at radius 2 is 1.73 bits per heavy atom. The number of aryl methyl sites for hydroxylation is 1. The first kappa shape index (κ1) is 26.0. The molecule has 0 aromatic heterocycles. The average Bonchev–Trinajstić information content (AvgIpc) is 2.84. The van der Waals surface area contributed by atoms with Gasteiger partial charge in [0.05, 0.1) is 23.1 Å². The molecule has 0 saturated carbocycles. The zero-order valence-corrected chi connectivity index (χ0v) is 20.2. The Bertz CT molecular complexity index is 1450. The zero-order chi connectivity index (χ0) is 27.0. The Hall–Kier alpha value is -4.06. The second kappa shape index (κ2) is 9.77. The minimum atomic E-state index is -4.69. The quantitative estimate of drug-likeness (QED) is 0.499. The largest absolute Gasteiger partial charge is 0.497 e. The predicted molar refractivity (Wildman–Crippen MR) is 124 cm³/mol. The molecule has 1 N–H and O–H groups in total. The Morgan fingerprint density at radius 3 is 2.38 bits per heavy atom. The average molecular weight is 535 g/mol. The summed E-state index contributed by atoms with van der Waals surface area (Å²) in [5.74, 6) is -0.482. The highest BCUT2D eigenvalue weighted by Crippen LogP contribution is 2.40. The minimum Gasteiger partial charge on any atom is -0.497 e. The number of sulfonamides is 1. The van der Waals surface area contributed by atoms with E-state index in [1.54, 1.807) is 11.6 Å². The van der Waals surface area contributed by atoms with Crippen molar-refractivity contribution >= 4 is 21.9 Å². The van der Waals surface area contributed by atoms with Crippen LogP contribution in [0.1, 0.15) is 33.2 Å². The van der Waals surface area contributed by atoms with Gasteiger partial charge in [-0.25, -0.2) is 17.9 Å². The summed E-state index contributed by atoms with van der Waals surface area (Å²) in [6, 6.07) is 13.7. The molecular formula is C25H20F3NO7S. The van der Waals surface area contributed by atoms with Crippen molar-refractivity contribution in [2.75, 3.05) is 7.11 Å². The van der Waals surface area contributed by atoms with Crippen molar-refractivity contribution < 1.29 is 45.4 Å². The molecule has 1 aliphatic heterocycles. The van der Waals surface area contributed by atoms with Gasteiger partial charge in [-0.2, -0.15) is 13.2 Å². The SMILES string of the molecule is COc1ccc2c(c1)O[C@@H](c1cccc(C(F)(F)F)c1)[C@H](OC(=O)NS(=O)(=O)c1ccc(C)cc1)C2=O. The number of fused-ring (bicyclic) bond motifs is 1. The molecule has 37 heavy (non-hydrogen) atoms. The number of ether oxygens (including phenoxy) is 3. The highest BCUT2D eigenvalue weighted by molar-refractivity contribution is 7.90. The van der Waals surface area contributed by atoms with Gasteiger partial charge < -0.3 is 14.2 Å². The lowest BCUT2D eigenvalue weighted by Crippen LogP contribution is -2.43. The van der Waals surface area contributed by atoms with Gasteiger partial charge >= 0.3 is 12.3 Å². The second-order valence-electron chi connectivity index (χ2n) is 8.13. The van der Waals surface area contributed by atoms with E-state index < -0.39 is 45.8 Å². The van der Waals surface area contributed by atoms with Gasteiger partial charge in [-0.3, -0.25) is 4.79 Å². The Morgan fingerprint density at radius 1 is 1.03 bits per heavy atom. The maximum Gasteiger partial charge on any atom is 0.422 e. The van der Waals surface area contributed by atoms with Crippen LogP contribution in [0.2, 0.25) is 0 Å². The van der Waals surface area contributed by atoms with E-state index in [0.717, 1.165) is 23.8 Å².